The second kappa shape index (κ2) is 6.14. The fraction of sp³-hybridized carbons (Fsp3) is 0.571. The van der Waals surface area contributed by atoms with Gasteiger partial charge in [0.25, 0.3) is 0 Å². The number of nitrogen functional groups attached to an aromatic ring is 1. The Labute approximate surface area is 117 Å². The Morgan fingerprint density at radius 3 is 2.94 bits per heavy atom. The number of rotatable bonds is 3. The van der Waals surface area contributed by atoms with Gasteiger partial charge in [0, 0.05) is 21.2 Å². The second-order valence-electron chi connectivity index (χ2n) is 5.06. The molecule has 1 aliphatic carbocycles. The number of hydrogen-bond donors (Lipinski definition) is 1. The highest BCUT2D eigenvalue weighted by Gasteiger charge is 2.18. The largest absolute Gasteiger partial charge is 0.398 e. The summed E-state index contributed by atoms with van der Waals surface area (Å²) in [5, 5.41) is 0.851. The SMILES string of the molecule is CC1CCCC(SCc2ccc(Br)c(N)c2)C1. The quantitative estimate of drug-likeness (QED) is 0.808. The van der Waals surface area contributed by atoms with Crippen LogP contribution in [0, 0.1) is 5.92 Å². The maximum absolute atomic E-state index is 5.90. The maximum Gasteiger partial charge on any atom is 0.0461 e. The molecular weight excluding hydrogens is 294 g/mol. The Kier molecular flexibility index (Phi) is 4.80. The summed E-state index contributed by atoms with van der Waals surface area (Å²) in [6.07, 6.45) is 5.60. The van der Waals surface area contributed by atoms with Crippen molar-refractivity contribution >= 4 is 33.4 Å². The molecular formula is C14H20BrNS. The Balaban J connectivity index is 1.86. The molecule has 2 rings (SSSR count). The summed E-state index contributed by atoms with van der Waals surface area (Å²) in [6, 6.07) is 6.30. The first kappa shape index (κ1) is 13.3. The zero-order valence-corrected chi connectivity index (χ0v) is 12.7. The van der Waals surface area contributed by atoms with Gasteiger partial charge in [0.15, 0.2) is 0 Å². The van der Waals surface area contributed by atoms with Crippen LogP contribution in [0.3, 0.4) is 0 Å². The predicted octanol–water partition coefficient (Wildman–Crippen LogP) is 4.84. The molecule has 1 saturated carbocycles. The van der Waals surface area contributed by atoms with Gasteiger partial charge >= 0.3 is 0 Å². The van der Waals surface area contributed by atoms with Crippen LogP contribution in [-0.2, 0) is 5.75 Å². The summed E-state index contributed by atoms with van der Waals surface area (Å²) < 4.78 is 0.998. The van der Waals surface area contributed by atoms with Crippen molar-refractivity contribution in [1.82, 2.24) is 0 Å². The van der Waals surface area contributed by atoms with Crippen LogP contribution in [0.4, 0.5) is 5.69 Å². The van der Waals surface area contributed by atoms with E-state index in [4.69, 9.17) is 5.73 Å². The van der Waals surface area contributed by atoms with Gasteiger partial charge in [-0.25, -0.2) is 0 Å². The molecule has 1 fully saturated rings. The number of nitrogens with two attached hydrogens (primary N) is 1. The first-order valence-corrected chi connectivity index (χ1v) is 8.15. The van der Waals surface area contributed by atoms with E-state index in [1.165, 1.54) is 31.2 Å². The molecule has 0 amide bonds. The molecule has 1 nitrogen and oxygen atoms in total. The molecule has 2 unspecified atom stereocenters. The zero-order valence-electron chi connectivity index (χ0n) is 10.3. The van der Waals surface area contributed by atoms with E-state index in [2.05, 4.69) is 52.8 Å². The van der Waals surface area contributed by atoms with E-state index in [1.807, 2.05) is 0 Å². The minimum Gasteiger partial charge on any atom is -0.398 e. The van der Waals surface area contributed by atoms with Crippen molar-refractivity contribution in [3.8, 4) is 0 Å². The molecule has 1 aromatic carbocycles. The fourth-order valence-electron chi connectivity index (χ4n) is 2.43. The van der Waals surface area contributed by atoms with Gasteiger partial charge in [0.1, 0.15) is 0 Å². The lowest BCUT2D eigenvalue weighted by Gasteiger charge is -2.26. The first-order valence-electron chi connectivity index (χ1n) is 6.30. The lowest BCUT2D eigenvalue weighted by atomic mass is 9.91. The van der Waals surface area contributed by atoms with Gasteiger partial charge in [-0.15, -0.1) is 0 Å². The summed E-state index contributed by atoms with van der Waals surface area (Å²) in [5.74, 6) is 2.01. The fourth-order valence-corrected chi connectivity index (χ4v) is 4.08. The van der Waals surface area contributed by atoms with Gasteiger partial charge < -0.3 is 5.73 Å². The van der Waals surface area contributed by atoms with E-state index in [9.17, 15) is 0 Å². The molecule has 0 spiro atoms. The van der Waals surface area contributed by atoms with Gasteiger partial charge in [-0.2, -0.15) is 11.8 Å². The van der Waals surface area contributed by atoms with E-state index >= 15 is 0 Å². The summed E-state index contributed by atoms with van der Waals surface area (Å²) in [7, 11) is 0. The van der Waals surface area contributed by atoms with Gasteiger partial charge in [0.05, 0.1) is 0 Å². The maximum atomic E-state index is 5.90. The number of benzene rings is 1. The van der Waals surface area contributed by atoms with E-state index < -0.39 is 0 Å². The van der Waals surface area contributed by atoms with Crippen LogP contribution >= 0.6 is 27.7 Å². The van der Waals surface area contributed by atoms with Crippen molar-refractivity contribution in [2.45, 2.75) is 43.6 Å². The smallest absolute Gasteiger partial charge is 0.0461 e. The lowest BCUT2D eigenvalue weighted by Crippen LogP contribution is -2.15. The van der Waals surface area contributed by atoms with Crippen molar-refractivity contribution < 1.29 is 0 Å². The van der Waals surface area contributed by atoms with Crippen molar-refractivity contribution in [2.24, 2.45) is 5.92 Å². The number of thioether (sulfide) groups is 1. The van der Waals surface area contributed by atoms with Crippen molar-refractivity contribution in [3.63, 3.8) is 0 Å². The van der Waals surface area contributed by atoms with E-state index in [0.717, 1.165) is 27.1 Å². The third-order valence-corrected chi connectivity index (χ3v) is 5.56. The molecule has 1 aliphatic rings. The zero-order chi connectivity index (χ0) is 12.3. The third kappa shape index (κ3) is 3.92. The number of halogens is 1. The molecule has 3 heteroatoms. The van der Waals surface area contributed by atoms with Crippen LogP contribution in [0.25, 0.3) is 0 Å². The molecule has 1 aromatic rings. The summed E-state index contributed by atoms with van der Waals surface area (Å²) in [5.41, 5.74) is 8.08. The Morgan fingerprint density at radius 1 is 1.41 bits per heavy atom. The molecule has 2 atom stereocenters. The highest BCUT2D eigenvalue weighted by molar-refractivity contribution is 9.10. The first-order chi connectivity index (χ1) is 8.15. The van der Waals surface area contributed by atoms with Gasteiger partial charge in [0.2, 0.25) is 0 Å². The van der Waals surface area contributed by atoms with Gasteiger partial charge in [-0.3, -0.25) is 0 Å². The van der Waals surface area contributed by atoms with Crippen LogP contribution in [-0.4, -0.2) is 5.25 Å². The lowest BCUT2D eigenvalue weighted by molar-refractivity contribution is 0.394. The van der Waals surface area contributed by atoms with Crippen LogP contribution < -0.4 is 5.73 Å². The molecule has 0 saturated heterocycles. The third-order valence-electron chi connectivity index (χ3n) is 3.43. The average Bonchev–Trinajstić information content (AvgIpc) is 2.31. The molecule has 0 aromatic heterocycles. The van der Waals surface area contributed by atoms with Crippen LogP contribution in [0.2, 0.25) is 0 Å². The predicted molar refractivity (Wildman–Crippen MR) is 81.3 cm³/mol. The van der Waals surface area contributed by atoms with Crippen LogP contribution in [0.1, 0.15) is 38.2 Å². The molecule has 0 bridgehead atoms. The molecule has 0 aliphatic heterocycles. The van der Waals surface area contributed by atoms with E-state index in [1.54, 1.807) is 0 Å². The standard InChI is InChI=1S/C14H20BrNS/c1-10-3-2-4-12(7-10)17-9-11-5-6-13(15)14(16)8-11/h5-6,8,10,12H,2-4,7,9,16H2,1H3. The van der Waals surface area contributed by atoms with Crippen LogP contribution in [0.5, 0.6) is 0 Å². The minimum atomic E-state index is 0.847. The number of hydrogen-bond acceptors (Lipinski definition) is 2. The Hall–Kier alpha value is -0.150. The highest BCUT2D eigenvalue weighted by atomic mass is 79.9. The van der Waals surface area contributed by atoms with Crippen LogP contribution in [0.15, 0.2) is 22.7 Å². The molecule has 2 N–H and O–H groups in total. The average molecular weight is 314 g/mol. The second-order valence-corrected chi connectivity index (χ2v) is 7.20. The number of anilines is 1. The topological polar surface area (TPSA) is 26.0 Å². The summed E-state index contributed by atoms with van der Waals surface area (Å²) >= 11 is 5.53. The van der Waals surface area contributed by atoms with Gasteiger partial charge in [-0.1, -0.05) is 25.8 Å². The Bertz CT molecular complexity index is 380. The Morgan fingerprint density at radius 2 is 2.24 bits per heavy atom. The summed E-state index contributed by atoms with van der Waals surface area (Å²) in [6.45, 7) is 2.38. The normalized spacial score (nSPS) is 24.8. The summed E-state index contributed by atoms with van der Waals surface area (Å²) in [4.78, 5) is 0. The monoisotopic (exact) mass is 313 g/mol. The molecule has 94 valence electrons. The van der Waals surface area contributed by atoms with Gasteiger partial charge in [-0.05, 0) is 52.4 Å². The molecule has 0 radical (unpaired) electrons. The molecule has 17 heavy (non-hydrogen) atoms. The van der Waals surface area contributed by atoms with E-state index in [-0.39, 0.29) is 0 Å². The minimum absolute atomic E-state index is 0.847. The molecule has 0 heterocycles. The van der Waals surface area contributed by atoms with Crippen molar-refractivity contribution in [2.75, 3.05) is 5.73 Å². The van der Waals surface area contributed by atoms with E-state index in [0.29, 0.717) is 0 Å². The van der Waals surface area contributed by atoms with Crippen molar-refractivity contribution in [1.29, 1.82) is 0 Å². The highest BCUT2D eigenvalue weighted by Crippen LogP contribution is 2.34. The van der Waals surface area contributed by atoms with Crippen molar-refractivity contribution in [3.05, 3.63) is 28.2 Å².